The van der Waals surface area contributed by atoms with Crippen molar-refractivity contribution < 1.29 is 18.3 Å². The molecular formula is C13H19F3N2O. The maximum Gasteiger partial charge on any atom is 0.416 e. The van der Waals surface area contributed by atoms with Crippen LogP contribution in [-0.4, -0.2) is 34.6 Å². The highest BCUT2D eigenvalue weighted by Gasteiger charge is 2.34. The second kappa shape index (κ2) is 6.86. The van der Waals surface area contributed by atoms with E-state index in [9.17, 15) is 18.3 Å². The van der Waals surface area contributed by atoms with Crippen LogP contribution in [0.5, 0.6) is 0 Å². The molecule has 108 valence electrons. The molecule has 0 bridgehead atoms. The Morgan fingerprint density at radius 1 is 1.32 bits per heavy atom. The summed E-state index contributed by atoms with van der Waals surface area (Å²) in [5, 5.41) is 9.94. The van der Waals surface area contributed by atoms with Crippen LogP contribution in [0.4, 0.5) is 13.2 Å². The predicted octanol–water partition coefficient (Wildman–Crippen LogP) is 2.87. The molecule has 1 aromatic heterocycles. The first-order chi connectivity index (χ1) is 8.90. The number of pyridine rings is 1. The molecule has 0 aliphatic carbocycles. The summed E-state index contributed by atoms with van der Waals surface area (Å²) in [5.74, 6) is 0. The van der Waals surface area contributed by atoms with Crippen LogP contribution < -0.4 is 0 Å². The summed E-state index contributed by atoms with van der Waals surface area (Å²) in [5.41, 5.74) is -0.961. The highest BCUT2D eigenvalue weighted by Crippen LogP contribution is 2.34. The Morgan fingerprint density at radius 3 is 2.47 bits per heavy atom. The summed E-state index contributed by atoms with van der Waals surface area (Å²) in [7, 11) is 0. The number of aromatic nitrogens is 1. The van der Waals surface area contributed by atoms with Gasteiger partial charge in [0.2, 0.25) is 0 Å². The second-order valence-corrected chi connectivity index (χ2v) is 4.29. The lowest BCUT2D eigenvalue weighted by atomic mass is 10.0. The Bertz CT molecular complexity index is 392. The summed E-state index contributed by atoms with van der Waals surface area (Å²) in [6.07, 6.45) is -3.17. The number of nitrogens with zero attached hydrogens (tertiary/aromatic N) is 2. The molecule has 19 heavy (non-hydrogen) atoms. The van der Waals surface area contributed by atoms with Crippen molar-refractivity contribution in [3.05, 3.63) is 29.6 Å². The molecule has 0 saturated heterocycles. The molecule has 1 aromatic rings. The fourth-order valence-corrected chi connectivity index (χ4v) is 1.93. The fourth-order valence-electron chi connectivity index (χ4n) is 1.93. The number of hydrogen-bond acceptors (Lipinski definition) is 3. The topological polar surface area (TPSA) is 36.4 Å². The molecule has 0 amide bonds. The van der Waals surface area contributed by atoms with Gasteiger partial charge < -0.3 is 10.0 Å². The predicted molar refractivity (Wildman–Crippen MR) is 66.6 cm³/mol. The summed E-state index contributed by atoms with van der Waals surface area (Å²) < 4.78 is 38.4. The van der Waals surface area contributed by atoms with E-state index < -0.39 is 17.8 Å². The molecule has 0 saturated carbocycles. The molecule has 0 aliphatic rings. The van der Waals surface area contributed by atoms with Crippen LogP contribution in [0.25, 0.3) is 0 Å². The van der Waals surface area contributed by atoms with Crippen molar-refractivity contribution in [1.82, 2.24) is 9.88 Å². The summed E-state index contributed by atoms with van der Waals surface area (Å²) >= 11 is 0. The lowest BCUT2D eigenvalue weighted by Crippen LogP contribution is -2.25. The number of halogens is 3. The molecule has 1 atom stereocenters. The van der Waals surface area contributed by atoms with E-state index >= 15 is 0 Å². The third-order valence-electron chi connectivity index (χ3n) is 3.13. The smallest absolute Gasteiger partial charge is 0.388 e. The van der Waals surface area contributed by atoms with Crippen LogP contribution in [0, 0.1) is 0 Å². The zero-order chi connectivity index (χ0) is 14.5. The fraction of sp³-hybridized carbons (Fsp3) is 0.615. The molecule has 0 aromatic carbocycles. The molecule has 1 rings (SSSR count). The molecule has 6 heteroatoms. The Kier molecular flexibility index (Phi) is 5.75. The lowest BCUT2D eigenvalue weighted by molar-refractivity contribution is -0.139. The normalized spacial score (nSPS) is 13.8. The van der Waals surface area contributed by atoms with Gasteiger partial charge in [-0.15, -0.1) is 0 Å². The van der Waals surface area contributed by atoms with Gasteiger partial charge in [-0.1, -0.05) is 13.8 Å². The van der Waals surface area contributed by atoms with E-state index in [1.165, 1.54) is 0 Å². The molecule has 0 fully saturated rings. The average Bonchev–Trinajstić information content (AvgIpc) is 2.38. The standard InChI is InChI=1S/C13H19F3N2O/c1-3-18(4-2)8-6-12(19)10-9-17-7-5-11(10)13(14,15)16/h5,7,9,12,19H,3-4,6,8H2,1-2H3. The van der Waals surface area contributed by atoms with E-state index in [0.717, 1.165) is 31.5 Å². The molecule has 0 spiro atoms. The SMILES string of the molecule is CCN(CC)CCC(O)c1cnccc1C(F)(F)F. The van der Waals surface area contributed by atoms with Gasteiger partial charge in [0.1, 0.15) is 0 Å². The van der Waals surface area contributed by atoms with E-state index in [2.05, 4.69) is 4.98 Å². The Hall–Kier alpha value is -1.14. The van der Waals surface area contributed by atoms with Gasteiger partial charge in [-0.05, 0) is 25.6 Å². The number of hydrogen-bond donors (Lipinski definition) is 1. The molecule has 0 radical (unpaired) electrons. The number of aliphatic hydroxyl groups is 1. The van der Waals surface area contributed by atoms with Crippen molar-refractivity contribution in [2.75, 3.05) is 19.6 Å². The first-order valence-electron chi connectivity index (χ1n) is 6.31. The minimum absolute atomic E-state index is 0.151. The number of alkyl halides is 3. The number of rotatable bonds is 6. The van der Waals surface area contributed by atoms with Crippen LogP contribution in [0.1, 0.15) is 37.5 Å². The zero-order valence-corrected chi connectivity index (χ0v) is 11.1. The third kappa shape index (κ3) is 4.47. The van der Waals surface area contributed by atoms with Crippen LogP contribution in [0.15, 0.2) is 18.5 Å². The van der Waals surface area contributed by atoms with E-state index in [1.54, 1.807) is 0 Å². The summed E-state index contributed by atoms with van der Waals surface area (Å²) in [6.45, 7) is 6.12. The van der Waals surface area contributed by atoms with Crippen molar-refractivity contribution >= 4 is 0 Å². The maximum absolute atomic E-state index is 12.8. The van der Waals surface area contributed by atoms with Gasteiger partial charge in [-0.2, -0.15) is 13.2 Å². The molecule has 1 unspecified atom stereocenters. The van der Waals surface area contributed by atoms with Crippen LogP contribution in [0.3, 0.4) is 0 Å². The van der Waals surface area contributed by atoms with Crippen LogP contribution >= 0.6 is 0 Å². The van der Waals surface area contributed by atoms with Crippen molar-refractivity contribution in [2.45, 2.75) is 32.5 Å². The molecule has 3 nitrogen and oxygen atoms in total. The molecule has 1 heterocycles. The average molecular weight is 276 g/mol. The highest BCUT2D eigenvalue weighted by molar-refractivity contribution is 5.28. The van der Waals surface area contributed by atoms with Gasteiger partial charge in [-0.25, -0.2) is 0 Å². The van der Waals surface area contributed by atoms with Gasteiger partial charge >= 0.3 is 6.18 Å². The molecule has 0 aliphatic heterocycles. The van der Waals surface area contributed by atoms with E-state index in [1.807, 2.05) is 18.7 Å². The monoisotopic (exact) mass is 276 g/mol. The van der Waals surface area contributed by atoms with Crippen molar-refractivity contribution in [1.29, 1.82) is 0 Å². The van der Waals surface area contributed by atoms with Gasteiger partial charge in [-0.3, -0.25) is 4.98 Å². The summed E-state index contributed by atoms with van der Waals surface area (Å²) in [6, 6.07) is 0.899. The quantitative estimate of drug-likeness (QED) is 0.868. The van der Waals surface area contributed by atoms with Crippen molar-refractivity contribution in [2.24, 2.45) is 0 Å². The second-order valence-electron chi connectivity index (χ2n) is 4.29. The van der Waals surface area contributed by atoms with Crippen molar-refractivity contribution in [3.63, 3.8) is 0 Å². The van der Waals surface area contributed by atoms with Gasteiger partial charge in [0.15, 0.2) is 0 Å². The summed E-state index contributed by atoms with van der Waals surface area (Å²) in [4.78, 5) is 5.72. The van der Waals surface area contributed by atoms with Gasteiger partial charge in [0.05, 0.1) is 11.7 Å². The van der Waals surface area contributed by atoms with Crippen LogP contribution in [-0.2, 0) is 6.18 Å². The zero-order valence-electron chi connectivity index (χ0n) is 11.1. The van der Waals surface area contributed by atoms with E-state index in [4.69, 9.17) is 0 Å². The first-order valence-corrected chi connectivity index (χ1v) is 6.31. The van der Waals surface area contributed by atoms with Gasteiger partial charge in [0.25, 0.3) is 0 Å². The van der Waals surface area contributed by atoms with Crippen LogP contribution in [0.2, 0.25) is 0 Å². The van der Waals surface area contributed by atoms with E-state index in [0.29, 0.717) is 6.54 Å². The number of aliphatic hydroxyl groups excluding tert-OH is 1. The van der Waals surface area contributed by atoms with Gasteiger partial charge in [0, 0.05) is 24.5 Å². The highest BCUT2D eigenvalue weighted by atomic mass is 19.4. The third-order valence-corrected chi connectivity index (χ3v) is 3.13. The molecular weight excluding hydrogens is 257 g/mol. The Morgan fingerprint density at radius 2 is 1.95 bits per heavy atom. The minimum Gasteiger partial charge on any atom is -0.388 e. The lowest BCUT2D eigenvalue weighted by Gasteiger charge is -2.21. The van der Waals surface area contributed by atoms with E-state index in [-0.39, 0.29) is 12.0 Å². The minimum atomic E-state index is -4.46. The first kappa shape index (κ1) is 15.9. The Labute approximate surface area is 111 Å². The molecule has 1 N–H and O–H groups in total. The van der Waals surface area contributed by atoms with Crippen molar-refractivity contribution in [3.8, 4) is 0 Å². The Balaban J connectivity index is 2.80. The largest absolute Gasteiger partial charge is 0.416 e. The maximum atomic E-state index is 12.8.